The first-order valence-electron chi connectivity index (χ1n) is 8.87. The van der Waals surface area contributed by atoms with Crippen LogP contribution in [0.25, 0.3) is 0 Å². The number of ether oxygens (including phenoxy) is 2. The highest BCUT2D eigenvalue weighted by molar-refractivity contribution is 5.38. The Hall–Kier alpha value is -1.14. The fourth-order valence-corrected chi connectivity index (χ4v) is 3.34. The van der Waals surface area contributed by atoms with Gasteiger partial charge in [0.2, 0.25) is 0 Å². The molecule has 0 saturated heterocycles. The predicted octanol–water partition coefficient (Wildman–Crippen LogP) is 1.67. The molecule has 1 aromatic carbocycles. The van der Waals surface area contributed by atoms with Crippen molar-refractivity contribution in [2.75, 3.05) is 33.5 Å². The first kappa shape index (κ1) is 19.2. The third-order valence-corrected chi connectivity index (χ3v) is 5.07. The highest BCUT2D eigenvalue weighted by atomic mass is 16.5. The fraction of sp³-hybridized carbons (Fsp3) is 0.684. The monoisotopic (exact) mass is 337 g/mol. The molecule has 1 atom stereocenters. The summed E-state index contributed by atoms with van der Waals surface area (Å²) >= 11 is 0. The van der Waals surface area contributed by atoms with Gasteiger partial charge in [0, 0.05) is 13.7 Å². The normalized spacial score (nSPS) is 17.6. The summed E-state index contributed by atoms with van der Waals surface area (Å²) in [6.07, 6.45) is 5.80. The zero-order valence-corrected chi connectivity index (χ0v) is 14.7. The highest BCUT2D eigenvalue weighted by Crippen LogP contribution is 2.33. The summed E-state index contributed by atoms with van der Waals surface area (Å²) in [6.45, 7) is 1.16. The van der Waals surface area contributed by atoms with Gasteiger partial charge >= 0.3 is 0 Å². The maximum atomic E-state index is 9.49. The van der Waals surface area contributed by atoms with Crippen LogP contribution >= 0.6 is 0 Å². The van der Waals surface area contributed by atoms with Crippen LogP contribution < -0.4 is 10.5 Å². The van der Waals surface area contributed by atoms with Gasteiger partial charge in [-0.3, -0.25) is 0 Å². The summed E-state index contributed by atoms with van der Waals surface area (Å²) in [7, 11) is 1.73. The van der Waals surface area contributed by atoms with Gasteiger partial charge in [-0.1, -0.05) is 6.07 Å². The minimum atomic E-state index is -0.894. The summed E-state index contributed by atoms with van der Waals surface area (Å²) in [5.74, 6) is 1.02. The smallest absolute Gasteiger partial charge is 0.119 e. The summed E-state index contributed by atoms with van der Waals surface area (Å²) < 4.78 is 10.9. The maximum absolute atomic E-state index is 9.49. The lowest BCUT2D eigenvalue weighted by molar-refractivity contribution is 0.0690. The lowest BCUT2D eigenvalue weighted by Gasteiger charge is -2.37. The van der Waals surface area contributed by atoms with E-state index in [2.05, 4.69) is 12.1 Å². The summed E-state index contributed by atoms with van der Waals surface area (Å²) in [4.78, 5) is 0. The average molecular weight is 337 g/mol. The van der Waals surface area contributed by atoms with Gasteiger partial charge < -0.3 is 25.4 Å². The van der Waals surface area contributed by atoms with Gasteiger partial charge in [-0.15, -0.1) is 0 Å². The van der Waals surface area contributed by atoms with Crippen LogP contribution in [0.2, 0.25) is 0 Å². The van der Waals surface area contributed by atoms with Crippen molar-refractivity contribution in [2.45, 2.75) is 44.1 Å². The number of unbranched alkanes of at least 4 members (excludes halogenated alkanes) is 2. The second kappa shape index (κ2) is 9.37. The average Bonchev–Trinajstić information content (AvgIpc) is 2.63. The van der Waals surface area contributed by atoms with Gasteiger partial charge in [-0.25, -0.2) is 0 Å². The van der Waals surface area contributed by atoms with Gasteiger partial charge in [-0.2, -0.15) is 0 Å². The molecule has 2 rings (SSSR count). The number of hydrogen-bond donors (Lipinski definition) is 3. The number of nitrogens with two attached hydrogens (primary N) is 1. The molecule has 0 spiro atoms. The Morgan fingerprint density at radius 3 is 2.58 bits per heavy atom. The van der Waals surface area contributed by atoms with Gasteiger partial charge in [0.05, 0.1) is 25.4 Å². The van der Waals surface area contributed by atoms with Crippen molar-refractivity contribution in [1.82, 2.24) is 0 Å². The molecule has 1 aromatic rings. The van der Waals surface area contributed by atoms with E-state index < -0.39 is 5.54 Å². The number of hydrogen-bond acceptors (Lipinski definition) is 5. The Bertz CT molecular complexity index is 502. The largest absolute Gasteiger partial charge is 0.494 e. The second-order valence-electron chi connectivity index (χ2n) is 6.82. The molecule has 0 aromatic heterocycles. The molecule has 0 fully saturated rings. The molecule has 0 saturated carbocycles. The zero-order chi connectivity index (χ0) is 17.4. The molecular weight excluding hydrogens is 306 g/mol. The Morgan fingerprint density at radius 2 is 1.88 bits per heavy atom. The van der Waals surface area contributed by atoms with Crippen molar-refractivity contribution in [3.8, 4) is 5.75 Å². The molecule has 1 unspecified atom stereocenters. The quantitative estimate of drug-likeness (QED) is 0.566. The Kier molecular flexibility index (Phi) is 7.49. The van der Waals surface area contributed by atoms with E-state index in [0.29, 0.717) is 0 Å². The molecule has 0 aliphatic heterocycles. The predicted molar refractivity (Wildman–Crippen MR) is 94.3 cm³/mol. The number of aryl methyl sites for hydroxylation is 1. The van der Waals surface area contributed by atoms with Crippen LogP contribution in [-0.2, 0) is 17.6 Å². The van der Waals surface area contributed by atoms with Crippen molar-refractivity contribution >= 4 is 0 Å². The first-order valence-corrected chi connectivity index (χ1v) is 8.87. The van der Waals surface area contributed by atoms with E-state index in [1.54, 1.807) is 7.11 Å². The van der Waals surface area contributed by atoms with E-state index in [9.17, 15) is 10.2 Å². The van der Waals surface area contributed by atoms with E-state index in [-0.39, 0.29) is 19.1 Å². The molecule has 5 heteroatoms. The van der Waals surface area contributed by atoms with Gasteiger partial charge in [0.25, 0.3) is 0 Å². The number of methoxy groups -OCH3 is 1. The van der Waals surface area contributed by atoms with Crippen molar-refractivity contribution in [3.05, 3.63) is 29.3 Å². The number of benzene rings is 1. The van der Waals surface area contributed by atoms with Crippen LogP contribution in [0.15, 0.2) is 18.2 Å². The van der Waals surface area contributed by atoms with Crippen LogP contribution in [0, 0.1) is 5.92 Å². The van der Waals surface area contributed by atoms with Crippen molar-refractivity contribution in [2.24, 2.45) is 11.7 Å². The summed E-state index contributed by atoms with van der Waals surface area (Å²) in [5.41, 5.74) is 7.79. The number of rotatable bonds is 10. The highest BCUT2D eigenvalue weighted by Gasteiger charge is 2.36. The fourth-order valence-electron chi connectivity index (χ4n) is 3.34. The summed E-state index contributed by atoms with van der Waals surface area (Å²) in [6, 6.07) is 6.22. The topological polar surface area (TPSA) is 84.9 Å². The lowest BCUT2D eigenvalue weighted by Crippen LogP contribution is -2.55. The number of aliphatic hydroxyl groups is 2. The first-order chi connectivity index (χ1) is 11.6. The molecular formula is C19H31NO4. The van der Waals surface area contributed by atoms with Crippen molar-refractivity contribution in [3.63, 3.8) is 0 Å². The Labute approximate surface area is 144 Å². The van der Waals surface area contributed by atoms with E-state index in [0.717, 1.165) is 57.5 Å². The van der Waals surface area contributed by atoms with Crippen LogP contribution in [-0.4, -0.2) is 49.3 Å². The minimum Gasteiger partial charge on any atom is -0.494 e. The zero-order valence-electron chi connectivity index (χ0n) is 14.7. The van der Waals surface area contributed by atoms with Crippen molar-refractivity contribution in [1.29, 1.82) is 0 Å². The molecule has 0 radical (unpaired) electrons. The molecule has 0 amide bonds. The summed E-state index contributed by atoms with van der Waals surface area (Å²) in [5, 5.41) is 19.0. The third-order valence-electron chi connectivity index (χ3n) is 5.07. The van der Waals surface area contributed by atoms with Crippen LogP contribution in [0.1, 0.15) is 36.8 Å². The lowest BCUT2D eigenvalue weighted by atomic mass is 9.73. The maximum Gasteiger partial charge on any atom is 0.119 e. The van der Waals surface area contributed by atoms with Crippen molar-refractivity contribution < 1.29 is 19.7 Å². The van der Waals surface area contributed by atoms with E-state index in [4.69, 9.17) is 15.2 Å². The van der Waals surface area contributed by atoms with Crippen LogP contribution in [0.5, 0.6) is 5.75 Å². The minimum absolute atomic E-state index is 0.104. The molecule has 0 bridgehead atoms. The van der Waals surface area contributed by atoms with E-state index in [1.165, 1.54) is 11.1 Å². The number of fused-ring (bicyclic) bond motifs is 1. The molecule has 1 aliphatic carbocycles. The van der Waals surface area contributed by atoms with Gasteiger partial charge in [0.15, 0.2) is 0 Å². The molecule has 136 valence electrons. The Morgan fingerprint density at radius 1 is 1.12 bits per heavy atom. The molecule has 4 N–H and O–H groups in total. The SMILES string of the molecule is COCCCCCOc1ccc2c(c1)CCC(C(N)(CO)CO)C2. The second-order valence-corrected chi connectivity index (χ2v) is 6.82. The number of aliphatic hydroxyl groups excluding tert-OH is 2. The molecule has 0 heterocycles. The molecule has 24 heavy (non-hydrogen) atoms. The molecule has 5 nitrogen and oxygen atoms in total. The van der Waals surface area contributed by atoms with Gasteiger partial charge in [0.1, 0.15) is 5.75 Å². The molecule has 1 aliphatic rings. The Balaban J connectivity index is 1.87. The van der Waals surface area contributed by atoms with Crippen LogP contribution in [0.3, 0.4) is 0 Å². The van der Waals surface area contributed by atoms with Crippen LogP contribution in [0.4, 0.5) is 0 Å². The third kappa shape index (κ3) is 4.93. The van der Waals surface area contributed by atoms with E-state index in [1.807, 2.05) is 6.07 Å². The standard InChI is InChI=1S/C19H31NO4/c1-23-9-3-2-4-10-24-18-8-6-15-11-17(7-5-16(15)12-18)19(20,13-21)14-22/h6,8,12,17,21-22H,2-5,7,9-11,13-14,20H2,1H3. The van der Waals surface area contributed by atoms with Gasteiger partial charge in [-0.05, 0) is 67.7 Å². The van der Waals surface area contributed by atoms with E-state index >= 15 is 0 Å².